The van der Waals surface area contributed by atoms with Gasteiger partial charge in [-0.05, 0) is 44.0 Å². The molecule has 0 atom stereocenters. The van der Waals surface area contributed by atoms with Crippen molar-refractivity contribution >= 4 is 22.8 Å². The first-order valence-corrected chi connectivity index (χ1v) is 9.17. The molecule has 8 heteroatoms. The maximum Gasteiger partial charge on any atom is 0.258 e. The van der Waals surface area contributed by atoms with E-state index in [2.05, 4.69) is 25.5 Å². The number of aromatic nitrogens is 6. The largest absolute Gasteiger partial charge is 0.305 e. The van der Waals surface area contributed by atoms with Crippen molar-refractivity contribution in [2.24, 2.45) is 0 Å². The molecule has 0 bridgehead atoms. The van der Waals surface area contributed by atoms with Crippen molar-refractivity contribution in [1.29, 1.82) is 0 Å². The van der Waals surface area contributed by atoms with Gasteiger partial charge in [-0.25, -0.2) is 9.67 Å². The first-order valence-electron chi connectivity index (χ1n) is 9.17. The lowest BCUT2D eigenvalue weighted by Gasteiger charge is -2.06. The fourth-order valence-corrected chi connectivity index (χ4v) is 2.98. The van der Waals surface area contributed by atoms with Crippen LogP contribution in [0.25, 0.3) is 11.0 Å². The molecule has 0 spiro atoms. The highest BCUT2D eigenvalue weighted by atomic mass is 16.1. The number of hydrogen-bond acceptors (Lipinski definition) is 5. The molecule has 0 aliphatic carbocycles. The van der Waals surface area contributed by atoms with Crippen LogP contribution < -0.4 is 5.32 Å². The van der Waals surface area contributed by atoms with Gasteiger partial charge in [0.25, 0.3) is 5.91 Å². The van der Waals surface area contributed by atoms with Crippen molar-refractivity contribution in [3.8, 4) is 0 Å². The number of hydrogen-bond donors (Lipinski definition) is 1. The maximum atomic E-state index is 12.6. The summed E-state index contributed by atoms with van der Waals surface area (Å²) in [4.78, 5) is 21.0. The summed E-state index contributed by atoms with van der Waals surface area (Å²) < 4.78 is 3.64. The molecule has 8 nitrogen and oxygen atoms in total. The molecule has 1 amide bonds. The third-order valence-corrected chi connectivity index (χ3v) is 4.45. The molecule has 0 unspecified atom stereocenters. The van der Waals surface area contributed by atoms with Crippen LogP contribution in [-0.4, -0.2) is 35.4 Å². The molecule has 1 N–H and O–H groups in total. The Bertz CT molecular complexity index is 1100. The number of fused-ring (bicyclic) bond motifs is 1. The molecule has 4 rings (SSSR count). The normalized spacial score (nSPS) is 11.2. The number of amides is 1. The number of aryl methyl sites for hydroxylation is 2. The number of carbonyl (C=O) groups excluding carboxylic acids is 1. The quantitative estimate of drug-likeness (QED) is 0.559. The Morgan fingerprint density at radius 3 is 2.79 bits per heavy atom. The molecule has 0 saturated heterocycles. The van der Waals surface area contributed by atoms with Crippen LogP contribution in [0.15, 0.2) is 55.2 Å². The summed E-state index contributed by atoms with van der Waals surface area (Å²) in [6, 6.07) is 7.76. The van der Waals surface area contributed by atoms with Crippen molar-refractivity contribution in [2.45, 2.75) is 32.9 Å². The molecule has 0 aliphatic heterocycles. The monoisotopic (exact) mass is 375 g/mol. The Hall–Kier alpha value is -3.55. The lowest BCUT2D eigenvalue weighted by Crippen LogP contribution is -2.13. The van der Waals surface area contributed by atoms with E-state index in [1.54, 1.807) is 36.9 Å². The predicted octanol–water partition coefficient (Wildman–Crippen LogP) is 3.10. The lowest BCUT2D eigenvalue weighted by atomic mass is 10.2. The summed E-state index contributed by atoms with van der Waals surface area (Å²) in [5.41, 5.74) is 2.44. The van der Waals surface area contributed by atoms with Gasteiger partial charge in [0.05, 0.1) is 11.8 Å². The molecule has 142 valence electrons. The maximum absolute atomic E-state index is 12.6. The van der Waals surface area contributed by atoms with Gasteiger partial charge in [0, 0.05) is 48.8 Å². The van der Waals surface area contributed by atoms with Crippen molar-refractivity contribution in [2.75, 3.05) is 5.32 Å². The standard InChI is InChI=1S/C20H21N7O/c1-14(2)27-19-16(13-23-27)11-17(12-22-19)20(28)24-18-6-10-26(25-18)9-5-15-3-7-21-8-4-15/h3-4,6-8,10-14H,5,9H2,1-2H3,(H,24,25,28). The van der Waals surface area contributed by atoms with Gasteiger partial charge in [-0.1, -0.05) is 0 Å². The lowest BCUT2D eigenvalue weighted by molar-refractivity contribution is 0.102. The summed E-state index contributed by atoms with van der Waals surface area (Å²) in [7, 11) is 0. The van der Waals surface area contributed by atoms with Crippen molar-refractivity contribution in [3.63, 3.8) is 0 Å². The van der Waals surface area contributed by atoms with Gasteiger partial charge in [0.1, 0.15) is 0 Å². The van der Waals surface area contributed by atoms with Crippen LogP contribution in [0.1, 0.15) is 35.8 Å². The topological polar surface area (TPSA) is 90.5 Å². The Morgan fingerprint density at radius 1 is 1.18 bits per heavy atom. The molecule has 28 heavy (non-hydrogen) atoms. The molecule has 4 aromatic rings. The van der Waals surface area contributed by atoms with E-state index in [9.17, 15) is 4.79 Å². The Labute approximate surface area is 162 Å². The van der Waals surface area contributed by atoms with Crippen LogP contribution in [0, 0.1) is 0 Å². The third-order valence-electron chi connectivity index (χ3n) is 4.45. The van der Waals surface area contributed by atoms with E-state index in [1.807, 2.05) is 41.5 Å². The molecule has 4 heterocycles. The Kier molecular flexibility index (Phi) is 4.84. The molecule has 0 fully saturated rings. The Balaban J connectivity index is 1.42. The summed E-state index contributed by atoms with van der Waals surface area (Å²) >= 11 is 0. The highest BCUT2D eigenvalue weighted by Gasteiger charge is 2.13. The van der Waals surface area contributed by atoms with E-state index in [0.717, 1.165) is 24.0 Å². The van der Waals surface area contributed by atoms with Crippen LogP contribution in [-0.2, 0) is 13.0 Å². The van der Waals surface area contributed by atoms with Crippen LogP contribution in [0.3, 0.4) is 0 Å². The van der Waals surface area contributed by atoms with Crippen LogP contribution in [0.5, 0.6) is 0 Å². The molecule has 0 saturated carbocycles. The smallest absolute Gasteiger partial charge is 0.258 e. The number of carbonyl (C=O) groups is 1. The van der Waals surface area contributed by atoms with Gasteiger partial charge in [-0.2, -0.15) is 10.2 Å². The fraction of sp³-hybridized carbons (Fsp3) is 0.250. The summed E-state index contributed by atoms with van der Waals surface area (Å²) in [6.45, 7) is 4.81. The first kappa shape index (κ1) is 17.8. The fourth-order valence-electron chi connectivity index (χ4n) is 2.98. The van der Waals surface area contributed by atoms with Gasteiger partial charge < -0.3 is 5.32 Å². The second-order valence-electron chi connectivity index (χ2n) is 6.84. The SMILES string of the molecule is CC(C)n1ncc2cc(C(=O)Nc3ccn(CCc4ccncc4)n3)cnc21. The second-order valence-corrected chi connectivity index (χ2v) is 6.84. The van der Waals surface area contributed by atoms with Gasteiger partial charge in [-0.3, -0.25) is 14.5 Å². The van der Waals surface area contributed by atoms with E-state index < -0.39 is 0 Å². The minimum Gasteiger partial charge on any atom is -0.305 e. The van der Waals surface area contributed by atoms with Crippen LogP contribution in [0.4, 0.5) is 5.82 Å². The summed E-state index contributed by atoms with van der Waals surface area (Å²) in [6.07, 6.45) is 9.55. The molecule has 0 radical (unpaired) electrons. The molecular formula is C20H21N7O. The molecule has 4 aromatic heterocycles. The van der Waals surface area contributed by atoms with Crippen LogP contribution >= 0.6 is 0 Å². The molecule has 0 aromatic carbocycles. The summed E-state index contributed by atoms with van der Waals surface area (Å²) in [5, 5.41) is 12.4. The van der Waals surface area contributed by atoms with E-state index in [-0.39, 0.29) is 11.9 Å². The van der Waals surface area contributed by atoms with Crippen molar-refractivity contribution < 1.29 is 4.79 Å². The zero-order chi connectivity index (χ0) is 19.5. The highest BCUT2D eigenvalue weighted by molar-refractivity contribution is 6.05. The average Bonchev–Trinajstić information content (AvgIpc) is 3.33. The summed E-state index contributed by atoms with van der Waals surface area (Å²) in [5.74, 6) is 0.267. The number of pyridine rings is 2. The van der Waals surface area contributed by atoms with Crippen molar-refractivity contribution in [1.82, 2.24) is 29.5 Å². The van der Waals surface area contributed by atoms with Gasteiger partial charge in [0.2, 0.25) is 0 Å². The van der Waals surface area contributed by atoms with Crippen molar-refractivity contribution in [3.05, 3.63) is 66.4 Å². The minimum absolute atomic E-state index is 0.209. The van der Waals surface area contributed by atoms with E-state index in [4.69, 9.17) is 0 Å². The highest BCUT2D eigenvalue weighted by Crippen LogP contribution is 2.17. The van der Waals surface area contributed by atoms with Gasteiger partial charge in [0.15, 0.2) is 11.5 Å². The first-order chi connectivity index (χ1) is 13.6. The minimum atomic E-state index is -0.244. The van der Waals surface area contributed by atoms with E-state index >= 15 is 0 Å². The zero-order valence-electron chi connectivity index (χ0n) is 15.8. The van der Waals surface area contributed by atoms with Gasteiger partial charge in [-0.15, -0.1) is 0 Å². The van der Waals surface area contributed by atoms with Gasteiger partial charge >= 0.3 is 0 Å². The predicted molar refractivity (Wildman–Crippen MR) is 106 cm³/mol. The number of anilines is 1. The number of nitrogens with zero attached hydrogens (tertiary/aromatic N) is 6. The number of nitrogens with one attached hydrogen (secondary N) is 1. The zero-order valence-corrected chi connectivity index (χ0v) is 15.8. The number of rotatable bonds is 6. The third kappa shape index (κ3) is 3.75. The molecule has 0 aliphatic rings. The molecular weight excluding hydrogens is 354 g/mol. The second kappa shape index (κ2) is 7.59. The van der Waals surface area contributed by atoms with E-state index in [0.29, 0.717) is 11.4 Å². The van der Waals surface area contributed by atoms with Crippen LogP contribution in [0.2, 0.25) is 0 Å². The Morgan fingerprint density at radius 2 is 2.00 bits per heavy atom. The average molecular weight is 375 g/mol. The van der Waals surface area contributed by atoms with E-state index in [1.165, 1.54) is 5.56 Å².